The number of likely N-dealkylation sites (N-methyl/N-ethyl adjacent to an activating group) is 1. The summed E-state index contributed by atoms with van der Waals surface area (Å²) in [5.41, 5.74) is 2.30. The fourth-order valence-corrected chi connectivity index (χ4v) is 3.60. The summed E-state index contributed by atoms with van der Waals surface area (Å²) in [6.45, 7) is 9.34. The van der Waals surface area contributed by atoms with Gasteiger partial charge in [0, 0.05) is 74.5 Å². The van der Waals surface area contributed by atoms with Crippen LogP contribution in [0.4, 0.5) is 5.69 Å². The summed E-state index contributed by atoms with van der Waals surface area (Å²) in [5.74, 6) is 0.818. The van der Waals surface area contributed by atoms with Gasteiger partial charge in [-0.05, 0) is 38.2 Å². The molecule has 160 valence electrons. The van der Waals surface area contributed by atoms with Crippen molar-refractivity contribution in [2.24, 2.45) is 4.99 Å². The Labute approximate surface area is 196 Å². The van der Waals surface area contributed by atoms with E-state index in [9.17, 15) is 0 Å². The maximum Gasteiger partial charge on any atom is 0.191 e. The van der Waals surface area contributed by atoms with Crippen LogP contribution in [0, 0.1) is 0 Å². The number of guanidine groups is 1. The number of aromatic nitrogens is 1. The molecule has 0 radical (unpaired) electrons. The first-order chi connectivity index (χ1) is 13.7. The third-order valence-corrected chi connectivity index (χ3v) is 5.36. The van der Waals surface area contributed by atoms with Gasteiger partial charge in [0.15, 0.2) is 5.96 Å². The van der Waals surface area contributed by atoms with E-state index in [2.05, 4.69) is 57.4 Å². The van der Waals surface area contributed by atoms with Crippen molar-refractivity contribution >= 4 is 47.2 Å². The average Bonchev–Trinajstić information content (AvgIpc) is 3.21. The maximum atomic E-state index is 6.56. The number of piperazine rings is 1. The quantitative estimate of drug-likeness (QED) is 0.328. The number of halogens is 2. The predicted molar refractivity (Wildman–Crippen MR) is 134 cm³/mol. The SMILES string of the molecule is CCNC(=NCc1c(Cl)cccc1N1CCN(C)CC1)NCCn1cccc1.I. The van der Waals surface area contributed by atoms with Crippen LogP contribution in [0.1, 0.15) is 12.5 Å². The minimum absolute atomic E-state index is 0. The van der Waals surface area contributed by atoms with Gasteiger partial charge in [0.1, 0.15) is 0 Å². The molecular weight excluding hydrogens is 499 g/mol. The van der Waals surface area contributed by atoms with E-state index in [1.54, 1.807) is 0 Å². The van der Waals surface area contributed by atoms with Gasteiger partial charge in [0.05, 0.1) is 6.54 Å². The first-order valence-electron chi connectivity index (χ1n) is 10.0. The lowest BCUT2D eigenvalue weighted by Crippen LogP contribution is -2.44. The average molecular weight is 531 g/mol. The fraction of sp³-hybridized carbons (Fsp3) is 0.476. The third kappa shape index (κ3) is 7.08. The molecule has 2 heterocycles. The molecule has 0 aliphatic carbocycles. The second-order valence-corrected chi connectivity index (χ2v) is 7.48. The molecule has 0 bridgehead atoms. The van der Waals surface area contributed by atoms with Gasteiger partial charge in [0.25, 0.3) is 0 Å². The van der Waals surface area contributed by atoms with Gasteiger partial charge in [-0.25, -0.2) is 4.99 Å². The molecule has 1 aliphatic rings. The number of hydrogen-bond acceptors (Lipinski definition) is 3. The summed E-state index contributed by atoms with van der Waals surface area (Å²) in [5, 5.41) is 7.51. The van der Waals surface area contributed by atoms with Crippen LogP contribution in [-0.4, -0.2) is 61.7 Å². The van der Waals surface area contributed by atoms with Crippen LogP contribution >= 0.6 is 35.6 Å². The Morgan fingerprint density at radius 3 is 2.48 bits per heavy atom. The number of anilines is 1. The van der Waals surface area contributed by atoms with Crippen LogP contribution < -0.4 is 15.5 Å². The van der Waals surface area contributed by atoms with E-state index >= 15 is 0 Å². The summed E-state index contributed by atoms with van der Waals surface area (Å²) < 4.78 is 2.15. The lowest BCUT2D eigenvalue weighted by Gasteiger charge is -2.35. The molecule has 1 fully saturated rings. The Morgan fingerprint density at radius 2 is 1.79 bits per heavy atom. The molecule has 1 aromatic carbocycles. The summed E-state index contributed by atoms with van der Waals surface area (Å²) in [6.07, 6.45) is 4.13. The minimum atomic E-state index is 0. The normalized spacial score (nSPS) is 15.1. The van der Waals surface area contributed by atoms with Gasteiger partial charge in [-0.2, -0.15) is 0 Å². The van der Waals surface area contributed by atoms with Crippen molar-refractivity contribution in [2.45, 2.75) is 20.0 Å². The smallest absolute Gasteiger partial charge is 0.191 e. The Morgan fingerprint density at radius 1 is 1.07 bits per heavy atom. The highest BCUT2D eigenvalue weighted by atomic mass is 127. The molecule has 29 heavy (non-hydrogen) atoms. The van der Waals surface area contributed by atoms with E-state index in [1.807, 2.05) is 24.3 Å². The van der Waals surface area contributed by atoms with Gasteiger partial charge in [-0.15, -0.1) is 24.0 Å². The Hall–Kier alpha value is -1.45. The first kappa shape index (κ1) is 23.8. The molecule has 0 unspecified atom stereocenters. The minimum Gasteiger partial charge on any atom is -0.369 e. The van der Waals surface area contributed by atoms with Crippen molar-refractivity contribution in [3.8, 4) is 0 Å². The zero-order chi connectivity index (χ0) is 19.8. The highest BCUT2D eigenvalue weighted by Crippen LogP contribution is 2.29. The zero-order valence-electron chi connectivity index (χ0n) is 17.3. The standard InChI is InChI=1S/C21H31ClN6.HI/c1-3-23-21(24-9-12-27-10-4-5-11-27)25-17-18-19(22)7-6-8-20(18)28-15-13-26(2)14-16-28;/h4-8,10-11H,3,9,12-17H2,1-2H3,(H2,23,24,25);1H. The van der Waals surface area contributed by atoms with Gasteiger partial charge in [-0.1, -0.05) is 17.7 Å². The summed E-state index contributed by atoms with van der Waals surface area (Å²) in [6, 6.07) is 10.2. The molecule has 8 heteroatoms. The fourth-order valence-electron chi connectivity index (χ4n) is 3.37. The van der Waals surface area contributed by atoms with Crippen molar-refractivity contribution in [3.63, 3.8) is 0 Å². The second-order valence-electron chi connectivity index (χ2n) is 7.07. The van der Waals surface area contributed by atoms with Crippen molar-refractivity contribution in [1.82, 2.24) is 20.1 Å². The highest BCUT2D eigenvalue weighted by Gasteiger charge is 2.18. The Kier molecular flexibility index (Phi) is 10.1. The van der Waals surface area contributed by atoms with Crippen LogP contribution in [-0.2, 0) is 13.1 Å². The molecule has 1 aromatic heterocycles. The van der Waals surface area contributed by atoms with E-state index in [-0.39, 0.29) is 24.0 Å². The van der Waals surface area contributed by atoms with Crippen molar-refractivity contribution < 1.29 is 0 Å². The lowest BCUT2D eigenvalue weighted by atomic mass is 10.1. The van der Waals surface area contributed by atoms with Gasteiger partial charge >= 0.3 is 0 Å². The van der Waals surface area contributed by atoms with E-state index in [4.69, 9.17) is 16.6 Å². The van der Waals surface area contributed by atoms with Crippen molar-refractivity contribution in [1.29, 1.82) is 0 Å². The molecule has 2 aromatic rings. The van der Waals surface area contributed by atoms with Crippen LogP contribution in [0.5, 0.6) is 0 Å². The molecule has 0 atom stereocenters. The molecule has 0 spiro atoms. The summed E-state index contributed by atoms with van der Waals surface area (Å²) in [7, 11) is 2.17. The molecule has 1 aliphatic heterocycles. The largest absolute Gasteiger partial charge is 0.369 e. The monoisotopic (exact) mass is 530 g/mol. The topological polar surface area (TPSA) is 47.8 Å². The van der Waals surface area contributed by atoms with Gasteiger partial charge in [0.2, 0.25) is 0 Å². The maximum absolute atomic E-state index is 6.56. The first-order valence-corrected chi connectivity index (χ1v) is 10.4. The van der Waals surface area contributed by atoms with Crippen LogP contribution in [0.3, 0.4) is 0 Å². The van der Waals surface area contributed by atoms with Crippen LogP contribution in [0.2, 0.25) is 5.02 Å². The predicted octanol–water partition coefficient (Wildman–Crippen LogP) is 3.27. The number of nitrogens with zero attached hydrogens (tertiary/aromatic N) is 4. The van der Waals surface area contributed by atoms with E-state index in [0.717, 1.165) is 62.4 Å². The second kappa shape index (κ2) is 12.3. The summed E-state index contributed by atoms with van der Waals surface area (Å²) in [4.78, 5) is 9.58. The van der Waals surface area contributed by atoms with Gasteiger partial charge < -0.3 is 25.0 Å². The van der Waals surface area contributed by atoms with Gasteiger partial charge in [-0.3, -0.25) is 0 Å². The molecule has 3 rings (SSSR count). The number of rotatable bonds is 7. The third-order valence-electron chi connectivity index (χ3n) is 5.01. The number of hydrogen-bond donors (Lipinski definition) is 2. The Bertz CT molecular complexity index is 757. The number of benzene rings is 1. The van der Waals surface area contributed by atoms with Crippen molar-refractivity contribution in [2.75, 3.05) is 51.2 Å². The molecular formula is C21H32ClIN6. The molecule has 1 saturated heterocycles. The van der Waals surface area contributed by atoms with E-state index < -0.39 is 0 Å². The molecule has 2 N–H and O–H groups in total. The Balaban J connectivity index is 0.00000300. The molecule has 0 saturated carbocycles. The van der Waals surface area contributed by atoms with Crippen molar-refractivity contribution in [3.05, 3.63) is 53.3 Å². The molecule has 6 nitrogen and oxygen atoms in total. The van der Waals surface area contributed by atoms with E-state index in [1.165, 1.54) is 5.69 Å². The number of aliphatic imine (C=N–C) groups is 1. The lowest BCUT2D eigenvalue weighted by molar-refractivity contribution is 0.312. The highest BCUT2D eigenvalue weighted by molar-refractivity contribution is 14.0. The van der Waals surface area contributed by atoms with E-state index in [0.29, 0.717) is 6.54 Å². The zero-order valence-corrected chi connectivity index (χ0v) is 20.4. The number of nitrogens with one attached hydrogen (secondary N) is 2. The summed E-state index contributed by atoms with van der Waals surface area (Å²) >= 11 is 6.56. The van der Waals surface area contributed by atoms with Crippen LogP contribution in [0.25, 0.3) is 0 Å². The molecule has 0 amide bonds. The van der Waals surface area contributed by atoms with Crippen LogP contribution in [0.15, 0.2) is 47.7 Å².